The monoisotopic (exact) mass is 430 g/mol. The van der Waals surface area contributed by atoms with Crippen LogP contribution in [0.2, 0.25) is 0 Å². The Labute approximate surface area is 186 Å². The van der Waals surface area contributed by atoms with E-state index in [4.69, 9.17) is 4.98 Å². The van der Waals surface area contributed by atoms with Crippen molar-refractivity contribution in [3.8, 4) is 10.6 Å². The topological polar surface area (TPSA) is 67.1 Å². The molecular formula is C24H26N6S. The van der Waals surface area contributed by atoms with E-state index in [0.29, 0.717) is 13.1 Å². The van der Waals surface area contributed by atoms with Crippen molar-refractivity contribution in [1.29, 1.82) is 0 Å². The highest BCUT2D eigenvalue weighted by atomic mass is 32.1. The summed E-state index contributed by atoms with van der Waals surface area (Å²) in [4.78, 5) is 10.3. The first-order valence-electron chi connectivity index (χ1n) is 10.2. The zero-order chi connectivity index (χ0) is 21.5. The quantitative estimate of drug-likeness (QED) is 0.340. The smallest absolute Gasteiger partial charge is 0.191 e. The molecule has 31 heavy (non-hydrogen) atoms. The fourth-order valence-corrected chi connectivity index (χ4v) is 4.32. The molecule has 4 rings (SSSR count). The normalized spacial score (nSPS) is 11.5. The van der Waals surface area contributed by atoms with Gasteiger partial charge in [0.05, 0.1) is 18.8 Å². The molecule has 0 aliphatic heterocycles. The minimum atomic E-state index is 0.685. The minimum absolute atomic E-state index is 0.685. The summed E-state index contributed by atoms with van der Waals surface area (Å²) in [5, 5.41) is 12.2. The SMILES string of the molecule is CN=C(NCc1ccccc1Cn1cccn1)NCc1sc(-c2ccccc2)nc1C. The molecule has 0 aliphatic carbocycles. The molecule has 7 heteroatoms. The lowest BCUT2D eigenvalue weighted by atomic mass is 10.1. The van der Waals surface area contributed by atoms with Crippen LogP contribution in [0.5, 0.6) is 0 Å². The molecule has 0 saturated carbocycles. The van der Waals surface area contributed by atoms with Gasteiger partial charge in [0.25, 0.3) is 0 Å². The summed E-state index contributed by atoms with van der Waals surface area (Å²) in [6.45, 7) is 4.18. The maximum atomic E-state index is 4.74. The van der Waals surface area contributed by atoms with Gasteiger partial charge in [-0.2, -0.15) is 5.10 Å². The number of thiazole rings is 1. The summed E-state index contributed by atoms with van der Waals surface area (Å²) in [7, 11) is 1.79. The molecule has 0 saturated heterocycles. The number of rotatable bonds is 7. The number of nitrogens with one attached hydrogen (secondary N) is 2. The second-order valence-corrected chi connectivity index (χ2v) is 8.23. The Balaban J connectivity index is 1.37. The van der Waals surface area contributed by atoms with Crippen molar-refractivity contribution in [3.63, 3.8) is 0 Å². The Kier molecular flexibility index (Phi) is 6.74. The van der Waals surface area contributed by atoms with Gasteiger partial charge in [0.2, 0.25) is 0 Å². The van der Waals surface area contributed by atoms with Crippen LogP contribution in [0, 0.1) is 6.92 Å². The maximum Gasteiger partial charge on any atom is 0.191 e. The molecular weight excluding hydrogens is 404 g/mol. The minimum Gasteiger partial charge on any atom is -0.352 e. The average molecular weight is 431 g/mol. The number of guanidine groups is 1. The molecule has 4 aromatic rings. The summed E-state index contributed by atoms with van der Waals surface area (Å²) in [5.74, 6) is 0.767. The predicted molar refractivity (Wildman–Crippen MR) is 127 cm³/mol. The lowest BCUT2D eigenvalue weighted by molar-refractivity contribution is 0.677. The van der Waals surface area contributed by atoms with Crippen molar-refractivity contribution in [2.75, 3.05) is 7.05 Å². The highest BCUT2D eigenvalue weighted by Crippen LogP contribution is 2.27. The number of aliphatic imine (C=N–C) groups is 1. The molecule has 0 bridgehead atoms. The van der Waals surface area contributed by atoms with Gasteiger partial charge in [-0.15, -0.1) is 11.3 Å². The lowest BCUT2D eigenvalue weighted by Crippen LogP contribution is -2.36. The van der Waals surface area contributed by atoms with Crippen molar-refractivity contribution in [2.24, 2.45) is 4.99 Å². The Morgan fingerprint density at radius 1 is 0.968 bits per heavy atom. The maximum absolute atomic E-state index is 4.74. The summed E-state index contributed by atoms with van der Waals surface area (Å²) in [6, 6.07) is 20.6. The van der Waals surface area contributed by atoms with Crippen LogP contribution in [0.3, 0.4) is 0 Å². The lowest BCUT2D eigenvalue weighted by Gasteiger charge is -2.14. The molecule has 0 atom stereocenters. The van der Waals surface area contributed by atoms with E-state index in [2.05, 4.69) is 64.0 Å². The zero-order valence-electron chi connectivity index (χ0n) is 17.7. The number of nitrogens with zero attached hydrogens (tertiary/aromatic N) is 4. The van der Waals surface area contributed by atoms with Crippen LogP contribution >= 0.6 is 11.3 Å². The number of aryl methyl sites for hydroxylation is 1. The highest BCUT2D eigenvalue weighted by Gasteiger charge is 2.10. The summed E-state index contributed by atoms with van der Waals surface area (Å²) < 4.78 is 1.93. The Morgan fingerprint density at radius 2 is 1.71 bits per heavy atom. The second kappa shape index (κ2) is 10.0. The van der Waals surface area contributed by atoms with Gasteiger partial charge in [0, 0.05) is 36.4 Å². The van der Waals surface area contributed by atoms with E-state index in [0.717, 1.165) is 28.8 Å². The molecule has 0 radical (unpaired) electrons. The van der Waals surface area contributed by atoms with E-state index in [9.17, 15) is 0 Å². The van der Waals surface area contributed by atoms with Gasteiger partial charge in [-0.25, -0.2) is 4.98 Å². The molecule has 2 heterocycles. The summed E-state index contributed by atoms with van der Waals surface area (Å²) >= 11 is 1.72. The van der Waals surface area contributed by atoms with Gasteiger partial charge in [0.1, 0.15) is 5.01 Å². The first kappa shape index (κ1) is 20.8. The van der Waals surface area contributed by atoms with Crippen molar-refractivity contribution >= 4 is 17.3 Å². The Morgan fingerprint density at radius 3 is 2.45 bits per heavy atom. The first-order valence-corrected chi connectivity index (χ1v) is 11.0. The molecule has 2 aromatic carbocycles. The number of benzene rings is 2. The van der Waals surface area contributed by atoms with Gasteiger partial charge in [0.15, 0.2) is 5.96 Å². The molecule has 2 N–H and O–H groups in total. The Hall–Kier alpha value is -3.45. The third-order valence-corrected chi connectivity index (χ3v) is 6.22. The third-order valence-electron chi connectivity index (χ3n) is 5.01. The van der Waals surface area contributed by atoms with Gasteiger partial charge < -0.3 is 10.6 Å². The molecule has 158 valence electrons. The third kappa shape index (κ3) is 5.38. The van der Waals surface area contributed by atoms with Crippen molar-refractivity contribution in [1.82, 2.24) is 25.4 Å². The van der Waals surface area contributed by atoms with Crippen LogP contribution in [0.4, 0.5) is 0 Å². The molecule has 0 amide bonds. The molecule has 0 spiro atoms. The number of hydrogen-bond donors (Lipinski definition) is 2. The highest BCUT2D eigenvalue weighted by molar-refractivity contribution is 7.15. The van der Waals surface area contributed by atoms with E-state index < -0.39 is 0 Å². The predicted octanol–water partition coefficient (Wildman–Crippen LogP) is 4.23. The van der Waals surface area contributed by atoms with E-state index in [1.165, 1.54) is 16.0 Å². The summed E-state index contributed by atoms with van der Waals surface area (Å²) in [5.41, 5.74) is 4.66. The van der Waals surface area contributed by atoms with Crippen LogP contribution < -0.4 is 10.6 Å². The average Bonchev–Trinajstić information content (AvgIpc) is 3.45. The van der Waals surface area contributed by atoms with Crippen LogP contribution in [0.25, 0.3) is 10.6 Å². The van der Waals surface area contributed by atoms with Crippen LogP contribution in [-0.4, -0.2) is 27.8 Å². The molecule has 6 nitrogen and oxygen atoms in total. The van der Waals surface area contributed by atoms with E-state index >= 15 is 0 Å². The fraction of sp³-hybridized carbons (Fsp3) is 0.208. The van der Waals surface area contributed by atoms with E-state index in [1.807, 2.05) is 35.1 Å². The zero-order valence-corrected chi connectivity index (χ0v) is 18.6. The fourth-order valence-electron chi connectivity index (χ4n) is 3.31. The standard InChI is InChI=1S/C24H26N6S/c1-18-22(31-23(29-18)19-9-4-3-5-10-19)16-27-24(25-2)26-15-20-11-6-7-12-21(20)17-30-14-8-13-28-30/h3-14H,15-17H2,1-2H3,(H2,25,26,27). The number of hydrogen-bond acceptors (Lipinski definition) is 4. The molecule has 0 fully saturated rings. The van der Waals surface area contributed by atoms with Crippen LogP contribution in [-0.2, 0) is 19.6 Å². The van der Waals surface area contributed by atoms with E-state index in [1.54, 1.807) is 24.6 Å². The molecule has 0 aliphatic rings. The Bertz CT molecular complexity index is 1130. The van der Waals surface area contributed by atoms with Crippen LogP contribution in [0.15, 0.2) is 78.0 Å². The van der Waals surface area contributed by atoms with Gasteiger partial charge in [-0.1, -0.05) is 54.6 Å². The van der Waals surface area contributed by atoms with Gasteiger partial charge in [-0.3, -0.25) is 9.67 Å². The largest absolute Gasteiger partial charge is 0.352 e. The van der Waals surface area contributed by atoms with Crippen LogP contribution in [0.1, 0.15) is 21.7 Å². The van der Waals surface area contributed by atoms with Gasteiger partial charge >= 0.3 is 0 Å². The van der Waals surface area contributed by atoms with Gasteiger partial charge in [-0.05, 0) is 24.1 Å². The van der Waals surface area contributed by atoms with Crippen molar-refractivity contribution in [2.45, 2.75) is 26.6 Å². The number of aromatic nitrogens is 3. The molecule has 0 unspecified atom stereocenters. The second-order valence-electron chi connectivity index (χ2n) is 7.15. The van der Waals surface area contributed by atoms with E-state index in [-0.39, 0.29) is 0 Å². The first-order chi connectivity index (χ1) is 15.2. The van der Waals surface area contributed by atoms with Crippen molar-refractivity contribution in [3.05, 3.63) is 94.8 Å². The van der Waals surface area contributed by atoms with Crippen molar-refractivity contribution < 1.29 is 0 Å². The summed E-state index contributed by atoms with van der Waals surface area (Å²) in [6.07, 6.45) is 3.78. The molecule has 2 aromatic heterocycles.